The number of rotatable bonds is 4. The quantitative estimate of drug-likeness (QED) is 0.847. The molecule has 84 valence electrons. The Morgan fingerprint density at radius 2 is 2.00 bits per heavy atom. The zero-order valence-electron chi connectivity index (χ0n) is 9.79. The highest BCUT2D eigenvalue weighted by Gasteiger charge is 2.00. The van der Waals surface area contributed by atoms with Gasteiger partial charge >= 0.3 is 0 Å². The van der Waals surface area contributed by atoms with Gasteiger partial charge in [0.05, 0.1) is 12.8 Å². The molecule has 1 heterocycles. The molecule has 0 fully saturated rings. The molecule has 0 radical (unpaired) electrons. The molecule has 0 bridgehead atoms. The van der Waals surface area contributed by atoms with Gasteiger partial charge in [0.15, 0.2) is 0 Å². The lowest BCUT2D eigenvalue weighted by atomic mass is 10.1. The van der Waals surface area contributed by atoms with Crippen LogP contribution in [-0.2, 0) is 13.1 Å². The number of nitrogens with one attached hydrogen (secondary N) is 1. The molecule has 0 saturated heterocycles. The summed E-state index contributed by atoms with van der Waals surface area (Å²) >= 11 is 0. The number of aryl methyl sites for hydroxylation is 2. The topological polar surface area (TPSA) is 25.2 Å². The lowest BCUT2D eigenvalue weighted by Crippen LogP contribution is -2.12. The molecule has 0 atom stereocenters. The second kappa shape index (κ2) is 4.99. The van der Waals surface area contributed by atoms with Crippen molar-refractivity contribution in [2.75, 3.05) is 0 Å². The maximum atomic E-state index is 5.36. The zero-order chi connectivity index (χ0) is 11.4. The lowest BCUT2D eigenvalue weighted by molar-refractivity contribution is 0.480. The van der Waals surface area contributed by atoms with Crippen molar-refractivity contribution in [3.63, 3.8) is 0 Å². The van der Waals surface area contributed by atoms with Crippen molar-refractivity contribution in [3.05, 3.63) is 59.0 Å². The van der Waals surface area contributed by atoms with E-state index in [1.165, 1.54) is 16.7 Å². The molecule has 0 aliphatic heterocycles. The van der Waals surface area contributed by atoms with Crippen LogP contribution in [0.5, 0.6) is 0 Å². The smallest absolute Gasteiger partial charge is 0.120 e. The van der Waals surface area contributed by atoms with Gasteiger partial charge in [-0.1, -0.05) is 29.8 Å². The molecule has 2 nitrogen and oxygen atoms in total. The van der Waals surface area contributed by atoms with Gasteiger partial charge in [-0.15, -0.1) is 0 Å². The summed E-state index contributed by atoms with van der Waals surface area (Å²) in [5, 5.41) is 3.38. The van der Waals surface area contributed by atoms with Gasteiger partial charge in [0, 0.05) is 6.54 Å². The Morgan fingerprint density at radius 1 is 1.12 bits per heavy atom. The first kappa shape index (κ1) is 11.0. The van der Waals surface area contributed by atoms with Crippen LogP contribution in [0.25, 0.3) is 0 Å². The van der Waals surface area contributed by atoms with Gasteiger partial charge in [0.25, 0.3) is 0 Å². The Bertz CT molecular complexity index is 459. The van der Waals surface area contributed by atoms with Crippen molar-refractivity contribution in [3.8, 4) is 0 Å². The predicted molar refractivity (Wildman–Crippen MR) is 65.2 cm³/mol. The van der Waals surface area contributed by atoms with Crippen LogP contribution in [0.2, 0.25) is 0 Å². The molecule has 16 heavy (non-hydrogen) atoms. The van der Waals surface area contributed by atoms with E-state index in [2.05, 4.69) is 43.4 Å². The maximum Gasteiger partial charge on any atom is 0.120 e. The minimum Gasteiger partial charge on any atom is -0.468 e. The molecular formula is C14H17NO. The molecule has 0 spiro atoms. The molecule has 1 aromatic heterocycles. The van der Waals surface area contributed by atoms with Gasteiger partial charge in [0.1, 0.15) is 5.76 Å². The fraction of sp³-hybridized carbons (Fsp3) is 0.286. The Balaban J connectivity index is 1.87. The van der Waals surface area contributed by atoms with Crippen LogP contribution >= 0.6 is 0 Å². The van der Waals surface area contributed by atoms with E-state index in [0.717, 1.165) is 18.8 Å². The Hall–Kier alpha value is -1.54. The first-order valence-corrected chi connectivity index (χ1v) is 5.55. The van der Waals surface area contributed by atoms with E-state index in [1.807, 2.05) is 6.07 Å². The van der Waals surface area contributed by atoms with Crippen molar-refractivity contribution in [2.45, 2.75) is 26.9 Å². The fourth-order valence-electron chi connectivity index (χ4n) is 1.73. The molecule has 0 saturated carbocycles. The standard InChI is InChI=1S/C14H17NO/c1-11-4-3-5-13(8-11)9-15-10-14-12(2)6-7-16-14/h3-8,15H,9-10H2,1-2H3. The largest absolute Gasteiger partial charge is 0.468 e. The van der Waals surface area contributed by atoms with Crippen molar-refractivity contribution < 1.29 is 4.42 Å². The highest BCUT2D eigenvalue weighted by Crippen LogP contribution is 2.09. The molecule has 0 aliphatic carbocycles. The van der Waals surface area contributed by atoms with Gasteiger partial charge < -0.3 is 9.73 Å². The van der Waals surface area contributed by atoms with Crippen LogP contribution in [0.4, 0.5) is 0 Å². The lowest BCUT2D eigenvalue weighted by Gasteiger charge is -2.04. The first-order valence-electron chi connectivity index (χ1n) is 5.55. The van der Waals surface area contributed by atoms with Crippen molar-refractivity contribution in [1.29, 1.82) is 0 Å². The van der Waals surface area contributed by atoms with E-state index in [9.17, 15) is 0 Å². The monoisotopic (exact) mass is 215 g/mol. The molecule has 0 amide bonds. The van der Waals surface area contributed by atoms with Crippen molar-refractivity contribution in [2.24, 2.45) is 0 Å². The van der Waals surface area contributed by atoms with Crippen LogP contribution in [-0.4, -0.2) is 0 Å². The summed E-state index contributed by atoms with van der Waals surface area (Å²) in [7, 11) is 0. The zero-order valence-corrected chi connectivity index (χ0v) is 9.79. The van der Waals surface area contributed by atoms with Crippen LogP contribution in [0.3, 0.4) is 0 Å². The number of hydrogen-bond acceptors (Lipinski definition) is 2. The molecule has 0 unspecified atom stereocenters. The van der Waals surface area contributed by atoms with Gasteiger partial charge in [-0.2, -0.15) is 0 Å². The third-order valence-electron chi connectivity index (χ3n) is 2.67. The van der Waals surface area contributed by atoms with E-state index in [0.29, 0.717) is 0 Å². The first-order chi connectivity index (χ1) is 7.75. The summed E-state index contributed by atoms with van der Waals surface area (Å²) in [6.45, 7) is 5.84. The number of hydrogen-bond donors (Lipinski definition) is 1. The number of furan rings is 1. The van der Waals surface area contributed by atoms with E-state index in [-0.39, 0.29) is 0 Å². The summed E-state index contributed by atoms with van der Waals surface area (Å²) in [6, 6.07) is 10.5. The van der Waals surface area contributed by atoms with Gasteiger partial charge in [0.2, 0.25) is 0 Å². The summed E-state index contributed by atoms with van der Waals surface area (Å²) in [5.74, 6) is 1.02. The Kier molecular flexibility index (Phi) is 3.42. The van der Waals surface area contributed by atoms with Crippen LogP contribution in [0.15, 0.2) is 41.0 Å². The average molecular weight is 215 g/mol. The van der Waals surface area contributed by atoms with Gasteiger partial charge in [-0.05, 0) is 31.0 Å². The SMILES string of the molecule is Cc1cccc(CNCc2occc2C)c1. The van der Waals surface area contributed by atoms with Crippen LogP contribution in [0.1, 0.15) is 22.5 Å². The third-order valence-corrected chi connectivity index (χ3v) is 2.67. The van der Waals surface area contributed by atoms with Crippen molar-refractivity contribution in [1.82, 2.24) is 5.32 Å². The molecule has 2 heteroatoms. The second-order valence-corrected chi connectivity index (χ2v) is 4.12. The summed E-state index contributed by atoms with van der Waals surface area (Å²) in [6.07, 6.45) is 1.74. The summed E-state index contributed by atoms with van der Waals surface area (Å²) in [5.41, 5.74) is 3.81. The highest BCUT2D eigenvalue weighted by atomic mass is 16.3. The van der Waals surface area contributed by atoms with E-state index >= 15 is 0 Å². The van der Waals surface area contributed by atoms with Gasteiger partial charge in [-0.3, -0.25) is 0 Å². The summed E-state index contributed by atoms with van der Waals surface area (Å²) < 4.78 is 5.36. The normalized spacial score (nSPS) is 10.6. The molecule has 1 N–H and O–H groups in total. The van der Waals surface area contributed by atoms with Crippen LogP contribution in [0, 0.1) is 13.8 Å². The molecule has 0 aliphatic rings. The van der Waals surface area contributed by atoms with E-state index in [4.69, 9.17) is 4.42 Å². The second-order valence-electron chi connectivity index (χ2n) is 4.12. The molecule has 1 aromatic carbocycles. The summed E-state index contributed by atoms with van der Waals surface area (Å²) in [4.78, 5) is 0. The highest BCUT2D eigenvalue weighted by molar-refractivity contribution is 5.22. The predicted octanol–water partition coefficient (Wildman–Crippen LogP) is 3.19. The maximum absolute atomic E-state index is 5.36. The molecular weight excluding hydrogens is 198 g/mol. The third kappa shape index (κ3) is 2.74. The van der Waals surface area contributed by atoms with E-state index in [1.54, 1.807) is 6.26 Å². The molecule has 2 aromatic rings. The fourth-order valence-corrected chi connectivity index (χ4v) is 1.73. The van der Waals surface area contributed by atoms with Gasteiger partial charge in [-0.25, -0.2) is 0 Å². The minimum atomic E-state index is 0.784. The van der Waals surface area contributed by atoms with Crippen molar-refractivity contribution >= 4 is 0 Å². The van der Waals surface area contributed by atoms with Crippen LogP contribution < -0.4 is 5.32 Å². The average Bonchev–Trinajstić information content (AvgIpc) is 2.65. The Labute approximate surface area is 96.3 Å². The Morgan fingerprint density at radius 3 is 2.69 bits per heavy atom. The van der Waals surface area contributed by atoms with E-state index < -0.39 is 0 Å². The molecule has 2 rings (SSSR count). The number of benzene rings is 1. The minimum absolute atomic E-state index is 0.784.